The monoisotopic (exact) mass is 603 g/mol. The summed E-state index contributed by atoms with van der Waals surface area (Å²) in [5, 5.41) is 9.49. The molecule has 13 heteroatoms. The van der Waals surface area contributed by atoms with Crippen LogP contribution in [0.25, 0.3) is 11.1 Å². The van der Waals surface area contributed by atoms with Gasteiger partial charge in [0.25, 0.3) is 5.91 Å². The third-order valence-electron chi connectivity index (χ3n) is 7.51. The fourth-order valence-electron chi connectivity index (χ4n) is 5.42. The maximum atomic E-state index is 14.6. The van der Waals surface area contributed by atoms with Crippen molar-refractivity contribution >= 4 is 23.2 Å². The van der Waals surface area contributed by atoms with Gasteiger partial charge in [-0.25, -0.2) is 13.8 Å². The van der Waals surface area contributed by atoms with Crippen molar-refractivity contribution in [3.8, 4) is 11.1 Å². The second kappa shape index (κ2) is 10.9. The number of hydrazine groups is 1. The Labute approximate surface area is 242 Å². The Balaban J connectivity index is 1.54. The number of hydrogen-bond donors (Lipinski definition) is 1. The minimum Gasteiger partial charge on any atom is -0.321 e. The standard InChI is InChI=1S/C29H23ClF5N5O2/c1-16-24(26(38-42)28(2)11-4-12-40(28)39(16)15-18-5-3-6-21(31)25(18)32)27(41)37-22-9-8-19(30)13-20(22)17-7-10-23(36-14-17)29(33,34)35/h3,5-10,13-14H,1,4,11-12,15H2,2H3,(H,37,41). The summed E-state index contributed by atoms with van der Waals surface area (Å²) in [5.41, 5.74) is -1.64. The summed E-state index contributed by atoms with van der Waals surface area (Å²) >= 11 is 6.16. The number of amides is 1. The summed E-state index contributed by atoms with van der Waals surface area (Å²) in [7, 11) is 0. The maximum Gasteiger partial charge on any atom is 0.433 e. The van der Waals surface area contributed by atoms with Gasteiger partial charge in [0.1, 0.15) is 11.4 Å². The molecule has 0 saturated carbocycles. The number of carbonyl (C=O) groups excluding carboxylic acids is 1. The van der Waals surface area contributed by atoms with Gasteiger partial charge in [0.2, 0.25) is 0 Å². The summed E-state index contributed by atoms with van der Waals surface area (Å²) in [4.78, 5) is 29.6. The number of rotatable bonds is 6. The highest BCUT2D eigenvalue weighted by atomic mass is 35.5. The number of nitroso groups, excluding NO2 is 1. The number of aromatic nitrogens is 1. The van der Waals surface area contributed by atoms with Crippen LogP contribution in [-0.2, 0) is 17.5 Å². The summed E-state index contributed by atoms with van der Waals surface area (Å²) in [6, 6.07) is 10.1. The van der Waals surface area contributed by atoms with Crippen molar-refractivity contribution in [1.82, 2.24) is 15.0 Å². The van der Waals surface area contributed by atoms with E-state index in [1.54, 1.807) is 11.9 Å². The average Bonchev–Trinajstić information content (AvgIpc) is 3.34. The molecule has 2 aromatic carbocycles. The molecule has 0 aliphatic carbocycles. The maximum absolute atomic E-state index is 14.6. The van der Waals surface area contributed by atoms with Crippen LogP contribution in [0.3, 0.4) is 0 Å². The fourth-order valence-corrected chi connectivity index (χ4v) is 5.59. The van der Waals surface area contributed by atoms with E-state index >= 15 is 0 Å². The molecule has 2 aliphatic heterocycles. The topological polar surface area (TPSA) is 77.9 Å². The van der Waals surface area contributed by atoms with Gasteiger partial charge in [-0.05, 0) is 55.3 Å². The first-order valence-corrected chi connectivity index (χ1v) is 13.1. The van der Waals surface area contributed by atoms with Crippen molar-refractivity contribution in [3.05, 3.63) is 111 Å². The molecule has 5 rings (SSSR count). The lowest BCUT2D eigenvalue weighted by Gasteiger charge is -2.48. The van der Waals surface area contributed by atoms with E-state index in [0.717, 1.165) is 18.3 Å². The Morgan fingerprint density at radius 2 is 1.95 bits per heavy atom. The van der Waals surface area contributed by atoms with E-state index in [0.29, 0.717) is 19.4 Å². The predicted octanol–water partition coefficient (Wildman–Crippen LogP) is 7.46. The summed E-state index contributed by atoms with van der Waals surface area (Å²) in [5.74, 6) is -2.86. The number of alkyl halides is 3. The summed E-state index contributed by atoms with van der Waals surface area (Å²) in [6.45, 7) is 6.02. The Morgan fingerprint density at radius 3 is 2.62 bits per heavy atom. The van der Waals surface area contributed by atoms with Gasteiger partial charge in [-0.15, -0.1) is 4.91 Å². The van der Waals surface area contributed by atoms with Gasteiger partial charge in [-0.2, -0.15) is 13.2 Å². The van der Waals surface area contributed by atoms with Crippen LogP contribution in [0.2, 0.25) is 5.02 Å². The van der Waals surface area contributed by atoms with E-state index in [4.69, 9.17) is 11.6 Å². The van der Waals surface area contributed by atoms with E-state index in [9.17, 15) is 31.7 Å². The number of fused-ring (bicyclic) bond motifs is 1. The molecule has 0 bridgehead atoms. The number of hydrogen-bond acceptors (Lipinski definition) is 6. The zero-order valence-electron chi connectivity index (χ0n) is 22.1. The Kier molecular flexibility index (Phi) is 7.62. The van der Waals surface area contributed by atoms with E-state index in [1.807, 2.05) is 0 Å². The molecule has 0 radical (unpaired) electrons. The number of carbonyl (C=O) groups is 1. The Morgan fingerprint density at radius 1 is 1.19 bits per heavy atom. The number of pyridine rings is 1. The first kappa shape index (κ1) is 29.3. The Bertz CT molecular complexity index is 1630. The highest BCUT2D eigenvalue weighted by molar-refractivity contribution is 6.31. The smallest absolute Gasteiger partial charge is 0.321 e. The minimum absolute atomic E-state index is 0.0162. The van der Waals surface area contributed by atoms with Crippen molar-refractivity contribution in [3.63, 3.8) is 0 Å². The highest BCUT2D eigenvalue weighted by Crippen LogP contribution is 2.46. The number of nitrogens with one attached hydrogen (secondary N) is 1. The zero-order valence-corrected chi connectivity index (χ0v) is 22.9. The minimum atomic E-state index is -4.64. The van der Waals surface area contributed by atoms with E-state index < -0.39 is 35.0 Å². The van der Waals surface area contributed by atoms with Crippen molar-refractivity contribution in [2.75, 3.05) is 11.9 Å². The number of halogens is 6. The predicted molar refractivity (Wildman–Crippen MR) is 147 cm³/mol. The van der Waals surface area contributed by atoms with Crippen LogP contribution in [0, 0.1) is 16.5 Å². The van der Waals surface area contributed by atoms with Crippen LogP contribution < -0.4 is 5.32 Å². The van der Waals surface area contributed by atoms with Gasteiger partial charge < -0.3 is 10.3 Å². The van der Waals surface area contributed by atoms with Gasteiger partial charge in [-0.3, -0.25) is 9.78 Å². The van der Waals surface area contributed by atoms with Crippen molar-refractivity contribution < 1.29 is 26.7 Å². The molecule has 3 aromatic rings. The third kappa shape index (κ3) is 5.16. The first-order chi connectivity index (χ1) is 19.8. The molecule has 42 heavy (non-hydrogen) atoms. The second-order valence-electron chi connectivity index (χ2n) is 10.1. The lowest BCUT2D eigenvalue weighted by Crippen LogP contribution is -2.56. The quantitative estimate of drug-likeness (QED) is 0.234. The highest BCUT2D eigenvalue weighted by Gasteiger charge is 2.51. The summed E-state index contributed by atoms with van der Waals surface area (Å²) in [6.07, 6.45) is -2.56. The number of anilines is 1. The van der Waals surface area contributed by atoms with Gasteiger partial charge in [-0.1, -0.05) is 36.4 Å². The van der Waals surface area contributed by atoms with Crippen molar-refractivity contribution in [2.24, 2.45) is 5.18 Å². The molecule has 3 heterocycles. The van der Waals surface area contributed by atoms with E-state index in [1.165, 1.54) is 41.4 Å². The normalized spacial score (nSPS) is 19.2. The third-order valence-corrected chi connectivity index (χ3v) is 7.74. The molecule has 218 valence electrons. The molecular weight excluding hydrogens is 581 g/mol. The molecule has 1 fully saturated rings. The first-order valence-electron chi connectivity index (χ1n) is 12.7. The molecule has 1 aromatic heterocycles. The molecule has 1 unspecified atom stereocenters. The molecular formula is C29H23ClF5N5O2. The fraction of sp³-hybridized carbons (Fsp3) is 0.241. The summed E-state index contributed by atoms with van der Waals surface area (Å²) < 4.78 is 67.8. The number of benzene rings is 2. The number of nitrogens with zero attached hydrogens (tertiary/aromatic N) is 4. The molecule has 1 N–H and O–H groups in total. The molecule has 0 spiro atoms. The van der Waals surface area contributed by atoms with Crippen LogP contribution in [0.15, 0.2) is 83.5 Å². The van der Waals surface area contributed by atoms with E-state index in [-0.39, 0.29) is 50.9 Å². The van der Waals surface area contributed by atoms with Gasteiger partial charge in [0, 0.05) is 40.1 Å². The average molecular weight is 604 g/mol. The Hall–Kier alpha value is -4.16. The zero-order chi connectivity index (χ0) is 30.4. The lowest BCUT2D eigenvalue weighted by atomic mass is 9.88. The lowest BCUT2D eigenvalue weighted by molar-refractivity contribution is -0.141. The van der Waals surface area contributed by atoms with E-state index in [2.05, 4.69) is 22.1 Å². The van der Waals surface area contributed by atoms with Gasteiger partial charge >= 0.3 is 6.18 Å². The molecule has 1 atom stereocenters. The van der Waals surface area contributed by atoms with Crippen molar-refractivity contribution in [1.29, 1.82) is 0 Å². The van der Waals surface area contributed by atoms with Crippen LogP contribution in [0.5, 0.6) is 0 Å². The van der Waals surface area contributed by atoms with Crippen LogP contribution in [0.4, 0.5) is 27.6 Å². The van der Waals surface area contributed by atoms with Crippen LogP contribution in [-0.4, -0.2) is 33.0 Å². The largest absolute Gasteiger partial charge is 0.433 e. The molecule has 2 aliphatic rings. The molecule has 1 amide bonds. The SMILES string of the molecule is C=C1C(C(=O)Nc2ccc(Cl)cc2-c2ccc(C(F)(F)F)nc2)=C(N=O)C2(C)CCCN2N1Cc1cccc(F)c1F. The van der Waals surface area contributed by atoms with Gasteiger partial charge in [0.15, 0.2) is 11.6 Å². The van der Waals surface area contributed by atoms with Crippen molar-refractivity contribution in [2.45, 2.75) is 38.0 Å². The van der Waals surface area contributed by atoms with Gasteiger partial charge in [0.05, 0.1) is 23.4 Å². The van der Waals surface area contributed by atoms with Crippen LogP contribution in [0.1, 0.15) is 31.0 Å². The molecule has 1 saturated heterocycles. The van der Waals surface area contributed by atoms with Crippen LogP contribution >= 0.6 is 11.6 Å². The molecule has 7 nitrogen and oxygen atoms in total. The second-order valence-corrected chi connectivity index (χ2v) is 10.5.